The molecule has 2 bridgehead atoms. The van der Waals surface area contributed by atoms with Gasteiger partial charge in [0.2, 0.25) is 0 Å². The number of nitrogens with zero attached hydrogens (tertiary/aromatic N) is 1. The molecule has 3 nitrogen and oxygen atoms in total. The van der Waals surface area contributed by atoms with Gasteiger partial charge in [-0.2, -0.15) is 0 Å². The summed E-state index contributed by atoms with van der Waals surface area (Å²) in [7, 11) is 0. The van der Waals surface area contributed by atoms with E-state index in [-0.39, 0.29) is 5.66 Å². The van der Waals surface area contributed by atoms with Crippen LogP contribution in [0, 0.1) is 0 Å². The van der Waals surface area contributed by atoms with E-state index >= 15 is 0 Å². The van der Waals surface area contributed by atoms with E-state index in [0.717, 1.165) is 19.5 Å². The second-order valence-electron chi connectivity index (χ2n) is 4.36. The van der Waals surface area contributed by atoms with Crippen molar-refractivity contribution in [1.82, 2.24) is 10.2 Å². The van der Waals surface area contributed by atoms with Gasteiger partial charge in [-0.1, -0.05) is 20.8 Å². The van der Waals surface area contributed by atoms with Crippen molar-refractivity contribution in [2.45, 2.75) is 58.3 Å². The lowest BCUT2D eigenvalue weighted by Crippen LogP contribution is -2.59. The summed E-state index contributed by atoms with van der Waals surface area (Å²) in [6.07, 6.45) is 2.34. The Labute approximate surface area is 88.0 Å². The molecule has 0 aliphatic carbocycles. The first-order chi connectivity index (χ1) is 6.63. The van der Waals surface area contributed by atoms with Gasteiger partial charge in [0.05, 0.1) is 5.66 Å². The quantitative estimate of drug-likeness (QED) is 0.701. The molecule has 0 radical (unpaired) electrons. The summed E-state index contributed by atoms with van der Waals surface area (Å²) < 4.78 is 0. The SMILES string of the molecule is CC.CCC(C)(N)N1CC2CC1CN2. The van der Waals surface area contributed by atoms with Gasteiger partial charge in [0.25, 0.3) is 0 Å². The summed E-state index contributed by atoms with van der Waals surface area (Å²) in [6.45, 7) is 10.6. The molecule has 14 heavy (non-hydrogen) atoms. The Morgan fingerprint density at radius 2 is 2.14 bits per heavy atom. The Bertz CT molecular complexity index is 179. The zero-order chi connectivity index (χ0) is 10.8. The third-order valence-corrected chi connectivity index (χ3v) is 3.43. The number of likely N-dealkylation sites (tertiary alicyclic amines) is 1. The fraction of sp³-hybridized carbons (Fsp3) is 1.00. The lowest BCUT2D eigenvalue weighted by Gasteiger charge is -2.40. The Balaban J connectivity index is 0.000000461. The number of nitrogens with one attached hydrogen (secondary N) is 1. The van der Waals surface area contributed by atoms with Crippen LogP contribution in [0.2, 0.25) is 0 Å². The number of hydrogen-bond acceptors (Lipinski definition) is 3. The summed E-state index contributed by atoms with van der Waals surface area (Å²) in [6, 6.07) is 1.41. The second-order valence-corrected chi connectivity index (χ2v) is 4.36. The molecule has 2 rings (SSSR count). The molecule has 2 heterocycles. The molecule has 2 fully saturated rings. The number of fused-ring (bicyclic) bond motifs is 2. The fourth-order valence-electron chi connectivity index (χ4n) is 2.39. The summed E-state index contributed by atoms with van der Waals surface area (Å²) in [5.74, 6) is 0. The molecular weight excluding hydrogens is 174 g/mol. The molecule has 84 valence electrons. The summed E-state index contributed by atoms with van der Waals surface area (Å²) >= 11 is 0. The Morgan fingerprint density at radius 3 is 2.50 bits per heavy atom. The maximum Gasteiger partial charge on any atom is 0.0658 e. The molecule has 0 aromatic heterocycles. The van der Waals surface area contributed by atoms with E-state index in [1.54, 1.807) is 0 Å². The molecule has 0 saturated carbocycles. The molecule has 2 saturated heterocycles. The third kappa shape index (κ3) is 2.10. The smallest absolute Gasteiger partial charge is 0.0658 e. The van der Waals surface area contributed by atoms with Gasteiger partial charge in [0.1, 0.15) is 0 Å². The highest BCUT2D eigenvalue weighted by Gasteiger charge is 2.43. The lowest BCUT2D eigenvalue weighted by molar-refractivity contribution is 0.0772. The molecule has 3 N–H and O–H groups in total. The molecule has 2 aliphatic heterocycles. The van der Waals surface area contributed by atoms with Crippen LogP contribution in [0.4, 0.5) is 0 Å². The van der Waals surface area contributed by atoms with Gasteiger partial charge in [-0.15, -0.1) is 0 Å². The molecule has 3 heteroatoms. The van der Waals surface area contributed by atoms with Gasteiger partial charge in [-0.25, -0.2) is 0 Å². The predicted octanol–water partition coefficient (Wildman–Crippen LogP) is 1.14. The van der Waals surface area contributed by atoms with E-state index in [9.17, 15) is 0 Å². The van der Waals surface area contributed by atoms with Crippen molar-refractivity contribution in [2.24, 2.45) is 5.73 Å². The molecular formula is C11H25N3. The topological polar surface area (TPSA) is 41.3 Å². The normalized spacial score (nSPS) is 34.9. The molecule has 3 unspecified atom stereocenters. The molecule has 0 spiro atoms. The van der Waals surface area contributed by atoms with Gasteiger partial charge in [0.15, 0.2) is 0 Å². The van der Waals surface area contributed by atoms with Crippen LogP contribution in [0.5, 0.6) is 0 Å². The Hall–Kier alpha value is -0.120. The fourth-order valence-corrected chi connectivity index (χ4v) is 2.39. The van der Waals surface area contributed by atoms with Crippen molar-refractivity contribution in [3.05, 3.63) is 0 Å². The first kappa shape index (κ1) is 12.0. The predicted molar refractivity (Wildman–Crippen MR) is 61.1 cm³/mol. The van der Waals surface area contributed by atoms with Gasteiger partial charge < -0.3 is 11.1 Å². The van der Waals surface area contributed by atoms with E-state index in [0.29, 0.717) is 12.1 Å². The van der Waals surface area contributed by atoms with Gasteiger partial charge >= 0.3 is 0 Å². The van der Waals surface area contributed by atoms with Crippen LogP contribution in [0.3, 0.4) is 0 Å². The average Bonchev–Trinajstić information content (AvgIpc) is 2.82. The van der Waals surface area contributed by atoms with Crippen molar-refractivity contribution >= 4 is 0 Å². The van der Waals surface area contributed by atoms with Crippen LogP contribution in [0.15, 0.2) is 0 Å². The van der Waals surface area contributed by atoms with Gasteiger partial charge in [-0.3, -0.25) is 4.90 Å². The van der Waals surface area contributed by atoms with Gasteiger partial charge in [0, 0.05) is 25.2 Å². The first-order valence-corrected chi connectivity index (χ1v) is 5.92. The average molecular weight is 199 g/mol. The minimum Gasteiger partial charge on any atom is -0.313 e. The van der Waals surface area contributed by atoms with Crippen molar-refractivity contribution < 1.29 is 0 Å². The highest BCUT2D eigenvalue weighted by atomic mass is 15.4. The van der Waals surface area contributed by atoms with E-state index < -0.39 is 0 Å². The number of rotatable bonds is 2. The summed E-state index contributed by atoms with van der Waals surface area (Å²) in [5, 5.41) is 3.48. The highest BCUT2D eigenvalue weighted by molar-refractivity contribution is 5.01. The minimum atomic E-state index is -0.0818. The lowest BCUT2D eigenvalue weighted by atomic mass is 10.1. The van der Waals surface area contributed by atoms with Crippen LogP contribution in [0.25, 0.3) is 0 Å². The van der Waals surface area contributed by atoms with Crippen LogP contribution < -0.4 is 11.1 Å². The number of piperazine rings is 1. The van der Waals surface area contributed by atoms with E-state index in [2.05, 4.69) is 24.1 Å². The summed E-state index contributed by atoms with van der Waals surface area (Å²) in [5.41, 5.74) is 6.12. The van der Waals surface area contributed by atoms with E-state index in [4.69, 9.17) is 5.73 Å². The Morgan fingerprint density at radius 1 is 1.50 bits per heavy atom. The molecule has 0 aromatic carbocycles. The maximum atomic E-state index is 6.21. The zero-order valence-corrected chi connectivity index (χ0v) is 10.0. The largest absolute Gasteiger partial charge is 0.313 e. The molecule has 0 aromatic rings. The maximum absolute atomic E-state index is 6.21. The van der Waals surface area contributed by atoms with Crippen molar-refractivity contribution in [1.29, 1.82) is 0 Å². The zero-order valence-electron chi connectivity index (χ0n) is 10.0. The van der Waals surface area contributed by atoms with E-state index in [1.165, 1.54) is 6.42 Å². The van der Waals surface area contributed by atoms with Crippen LogP contribution >= 0.6 is 0 Å². The minimum absolute atomic E-state index is 0.0818. The number of nitrogens with two attached hydrogens (primary N) is 1. The van der Waals surface area contributed by atoms with Crippen LogP contribution in [0.1, 0.15) is 40.5 Å². The van der Waals surface area contributed by atoms with E-state index in [1.807, 2.05) is 13.8 Å². The first-order valence-electron chi connectivity index (χ1n) is 5.92. The van der Waals surface area contributed by atoms with Crippen LogP contribution in [-0.4, -0.2) is 35.7 Å². The van der Waals surface area contributed by atoms with Gasteiger partial charge in [-0.05, 0) is 19.8 Å². The van der Waals surface area contributed by atoms with Crippen LogP contribution in [-0.2, 0) is 0 Å². The number of hydrogen-bond donors (Lipinski definition) is 2. The third-order valence-electron chi connectivity index (χ3n) is 3.43. The molecule has 2 aliphatic rings. The summed E-state index contributed by atoms with van der Waals surface area (Å²) in [4.78, 5) is 2.47. The highest BCUT2D eigenvalue weighted by Crippen LogP contribution is 2.29. The monoisotopic (exact) mass is 199 g/mol. The molecule has 0 amide bonds. The second kappa shape index (κ2) is 4.60. The van der Waals surface area contributed by atoms with Crippen molar-refractivity contribution in [3.8, 4) is 0 Å². The van der Waals surface area contributed by atoms with Crippen molar-refractivity contribution in [3.63, 3.8) is 0 Å². The standard InChI is InChI=1S/C9H19N3.C2H6/c1-3-9(2,10)12-6-7-4-8(12)5-11-7;1-2/h7-8,11H,3-6,10H2,1-2H3;1-2H3. The Kier molecular flexibility index (Phi) is 3.93. The molecule has 3 atom stereocenters. The van der Waals surface area contributed by atoms with Crippen molar-refractivity contribution in [2.75, 3.05) is 13.1 Å².